The Morgan fingerprint density at radius 3 is 0.744 bits per heavy atom. The van der Waals surface area contributed by atoms with Crippen LogP contribution in [0.1, 0.15) is 122 Å². The first-order chi connectivity index (χ1) is 18.1. The normalized spacial score (nSPS) is 21.8. The van der Waals surface area contributed by atoms with E-state index in [2.05, 4.69) is 41.5 Å². The third-order valence-electron chi connectivity index (χ3n) is 6.96. The molecule has 0 aliphatic carbocycles. The predicted molar refractivity (Wildman–Crippen MR) is 164 cm³/mol. The minimum absolute atomic E-state index is 0.128. The van der Waals surface area contributed by atoms with E-state index in [-0.39, 0.29) is 36.6 Å². The van der Waals surface area contributed by atoms with Crippen LogP contribution in [0.25, 0.3) is 0 Å². The van der Waals surface area contributed by atoms with Gasteiger partial charge in [-0.1, -0.05) is 41.5 Å². The second kappa shape index (κ2) is 18.7. The highest BCUT2D eigenvalue weighted by Crippen LogP contribution is 2.32. The highest BCUT2D eigenvalue weighted by atomic mass is 28.5. The molecule has 9 nitrogen and oxygen atoms in total. The highest BCUT2D eigenvalue weighted by Gasteiger charge is 2.63. The largest absolute Gasteiger partial charge is 0.672 e. The fourth-order valence-electron chi connectivity index (χ4n) is 2.96. The Bertz CT molecular complexity index is 540. The van der Waals surface area contributed by atoms with E-state index in [1.165, 1.54) is 0 Å². The Hall–Kier alpha value is 0.291. The van der Waals surface area contributed by atoms with Gasteiger partial charge in [-0.3, -0.25) is 4.57 Å². The van der Waals surface area contributed by atoms with E-state index < -0.39 is 26.8 Å². The minimum atomic E-state index is -3.74. The van der Waals surface area contributed by atoms with Crippen molar-refractivity contribution in [3.05, 3.63) is 0 Å². The maximum absolute atomic E-state index is 7.02. The molecule has 12 heteroatoms. The van der Waals surface area contributed by atoms with Crippen molar-refractivity contribution in [1.82, 2.24) is 4.57 Å². The first-order valence-electron chi connectivity index (χ1n) is 15.2. The summed E-state index contributed by atoms with van der Waals surface area (Å²) >= 11 is 0. The van der Waals surface area contributed by atoms with E-state index in [4.69, 9.17) is 34.8 Å². The Kier molecular flexibility index (Phi) is 18.9. The molecule has 0 amide bonds. The molecule has 0 N–H and O–H groups in total. The monoisotopic (exact) mass is 613 g/mol. The van der Waals surface area contributed by atoms with E-state index in [0.29, 0.717) is 0 Å². The predicted octanol–water partition coefficient (Wildman–Crippen LogP) is 6.91. The van der Waals surface area contributed by atoms with E-state index in [1.54, 1.807) is 0 Å². The van der Waals surface area contributed by atoms with Gasteiger partial charge in [0.15, 0.2) is 0 Å². The van der Waals surface area contributed by atoms with Crippen LogP contribution in [0.5, 0.6) is 0 Å². The molecule has 0 aliphatic rings. The average molecular weight is 614 g/mol. The molecule has 0 fully saturated rings. The maximum atomic E-state index is 7.02. The molecule has 0 saturated heterocycles. The summed E-state index contributed by atoms with van der Waals surface area (Å²) in [6.07, 6.45) is 3.96. The molecule has 0 aromatic carbocycles. The van der Waals surface area contributed by atoms with E-state index in [1.807, 2.05) is 66.8 Å². The lowest BCUT2D eigenvalue weighted by Gasteiger charge is -2.45. The summed E-state index contributed by atoms with van der Waals surface area (Å²) in [6.45, 7) is 26.5. The van der Waals surface area contributed by atoms with Crippen LogP contribution < -0.4 is 0 Å². The lowest BCUT2D eigenvalue weighted by molar-refractivity contribution is -0.0840. The lowest BCUT2D eigenvalue weighted by atomic mass is 10.3. The zero-order chi connectivity index (χ0) is 30.4. The molecule has 6 atom stereocenters. The topological polar surface area (TPSA) is 77.1 Å². The first-order valence-corrected chi connectivity index (χ1v) is 20.8. The summed E-state index contributed by atoms with van der Waals surface area (Å²) in [5.41, 5.74) is 0. The van der Waals surface area contributed by atoms with Crippen LogP contribution in [0.2, 0.25) is 6.55 Å². The van der Waals surface area contributed by atoms with Crippen molar-refractivity contribution in [2.45, 2.75) is 165 Å². The van der Waals surface area contributed by atoms with Crippen molar-refractivity contribution in [2.24, 2.45) is 0 Å². The van der Waals surface area contributed by atoms with Crippen LogP contribution in [0, 0.1) is 0 Å². The van der Waals surface area contributed by atoms with Gasteiger partial charge in [0.25, 0.3) is 0 Å². The molecule has 0 bridgehead atoms. The fraction of sp³-hybridized carbons (Fsp3) is 1.00. The van der Waals surface area contributed by atoms with Crippen molar-refractivity contribution in [2.75, 3.05) is 14.1 Å². The Morgan fingerprint density at radius 2 is 0.615 bits per heavy atom. The van der Waals surface area contributed by atoms with Crippen molar-refractivity contribution in [3.63, 3.8) is 0 Å². The summed E-state index contributed by atoms with van der Waals surface area (Å²) < 4.78 is 55.6. The van der Waals surface area contributed by atoms with Gasteiger partial charge in [0.05, 0.1) is 0 Å². The standard InChI is InChI=1S/C27H63NO8Si3/c1-16-22(7)29-38(30-23(8)17-2,31-24(9)18-3)35-37(15,28(13)14)36-39(32-25(10)19-4,33-26(11)20-5)34-27(12)21-6/h22-27H,16-21H2,1-15H3. The molecule has 6 unspecified atom stereocenters. The number of rotatable bonds is 23. The zero-order valence-electron chi connectivity index (χ0n) is 27.9. The van der Waals surface area contributed by atoms with Crippen LogP contribution >= 0.6 is 0 Å². The second-order valence-electron chi connectivity index (χ2n) is 11.0. The number of nitrogens with zero attached hydrogens (tertiary/aromatic N) is 1. The Morgan fingerprint density at radius 1 is 0.436 bits per heavy atom. The third-order valence-corrected chi connectivity index (χ3v) is 17.8. The molecule has 0 aromatic rings. The SMILES string of the molecule is CCC(C)O[Si](OC(C)CC)(OC(C)CC)O[Si](C)(O[Si](OC(C)CC)(OC(C)CC)OC(C)CC)N(C)C. The van der Waals surface area contributed by atoms with Crippen LogP contribution in [0.15, 0.2) is 0 Å². The second-order valence-corrected chi connectivity index (χ2v) is 18.8. The molecule has 0 aromatic heterocycles. The van der Waals surface area contributed by atoms with Gasteiger partial charge in [-0.25, -0.2) is 0 Å². The quantitative estimate of drug-likeness (QED) is 0.114. The van der Waals surface area contributed by atoms with Crippen LogP contribution in [0.3, 0.4) is 0 Å². The molecule has 0 heterocycles. The molecular weight excluding hydrogens is 551 g/mol. The molecule has 0 aliphatic heterocycles. The molecule has 0 rings (SSSR count). The molecule has 0 saturated carbocycles. The first kappa shape index (κ1) is 39.3. The minimum Gasteiger partial charge on any atom is -0.358 e. The van der Waals surface area contributed by atoms with Crippen LogP contribution in [-0.2, 0) is 34.8 Å². The number of hydrogen-bond donors (Lipinski definition) is 0. The molecular formula is C27H63NO8Si3. The maximum Gasteiger partial charge on any atom is 0.672 e. The number of hydrogen-bond acceptors (Lipinski definition) is 9. The van der Waals surface area contributed by atoms with Crippen LogP contribution in [0.4, 0.5) is 0 Å². The zero-order valence-corrected chi connectivity index (χ0v) is 30.9. The van der Waals surface area contributed by atoms with E-state index >= 15 is 0 Å². The smallest absolute Gasteiger partial charge is 0.358 e. The molecule has 0 radical (unpaired) electrons. The van der Waals surface area contributed by atoms with Gasteiger partial charge in [0.2, 0.25) is 0 Å². The Labute approximate surface area is 244 Å². The van der Waals surface area contributed by atoms with Gasteiger partial charge in [0, 0.05) is 36.6 Å². The lowest BCUT2D eigenvalue weighted by Crippen LogP contribution is -2.70. The van der Waals surface area contributed by atoms with Gasteiger partial charge >= 0.3 is 26.8 Å². The average Bonchev–Trinajstić information content (AvgIpc) is 2.87. The van der Waals surface area contributed by atoms with Gasteiger partial charge in [-0.2, -0.15) is 0 Å². The molecule has 39 heavy (non-hydrogen) atoms. The Balaban J connectivity index is 6.95. The summed E-state index contributed by atoms with van der Waals surface area (Å²) in [5, 5.41) is 0. The summed E-state index contributed by atoms with van der Waals surface area (Å²) in [5.74, 6) is 0. The fourth-order valence-corrected chi connectivity index (χ4v) is 14.1. The van der Waals surface area contributed by atoms with Gasteiger partial charge in [-0.05, 0) is 101 Å². The van der Waals surface area contributed by atoms with E-state index in [9.17, 15) is 0 Å². The molecule has 0 spiro atoms. The molecule has 236 valence electrons. The van der Waals surface area contributed by atoms with Gasteiger partial charge in [-0.15, -0.1) is 0 Å². The van der Waals surface area contributed by atoms with E-state index in [0.717, 1.165) is 38.5 Å². The summed E-state index contributed by atoms with van der Waals surface area (Å²) in [6, 6.07) is 0. The van der Waals surface area contributed by atoms with Crippen LogP contribution in [-0.4, -0.2) is 82.1 Å². The summed E-state index contributed by atoms with van der Waals surface area (Å²) in [7, 11) is -6.97. The van der Waals surface area contributed by atoms with Crippen molar-refractivity contribution >= 4 is 26.8 Å². The van der Waals surface area contributed by atoms with Crippen molar-refractivity contribution in [1.29, 1.82) is 0 Å². The third kappa shape index (κ3) is 13.9. The highest BCUT2D eigenvalue weighted by molar-refractivity contribution is 6.79. The van der Waals surface area contributed by atoms with Crippen molar-refractivity contribution < 1.29 is 34.8 Å². The van der Waals surface area contributed by atoms with Gasteiger partial charge < -0.3 is 34.8 Å². The van der Waals surface area contributed by atoms with Gasteiger partial charge in [0.1, 0.15) is 0 Å². The summed E-state index contributed by atoms with van der Waals surface area (Å²) in [4.78, 5) is 0. The van der Waals surface area contributed by atoms with Crippen molar-refractivity contribution in [3.8, 4) is 0 Å².